The zero-order valence-electron chi connectivity index (χ0n) is 12.0. The molecule has 6 heteroatoms. The molecule has 22 heavy (non-hydrogen) atoms. The Balaban J connectivity index is 1.97. The summed E-state index contributed by atoms with van der Waals surface area (Å²) in [6.45, 7) is 0.582. The Kier molecular flexibility index (Phi) is 4.16. The Labute approximate surface area is 131 Å². The van der Waals surface area contributed by atoms with E-state index in [-0.39, 0.29) is 5.02 Å². The molecule has 0 unspecified atom stereocenters. The molecule has 1 saturated carbocycles. The molecule has 0 bridgehead atoms. The van der Waals surface area contributed by atoms with Gasteiger partial charge in [0.25, 0.3) is 0 Å². The van der Waals surface area contributed by atoms with Crippen molar-refractivity contribution < 1.29 is 4.39 Å². The van der Waals surface area contributed by atoms with Gasteiger partial charge in [0, 0.05) is 18.9 Å². The fourth-order valence-corrected chi connectivity index (χ4v) is 3.14. The van der Waals surface area contributed by atoms with Crippen LogP contribution < -0.4 is 11.1 Å². The maximum atomic E-state index is 13.2. The molecule has 1 fully saturated rings. The summed E-state index contributed by atoms with van der Waals surface area (Å²) in [5, 5.41) is -0.0838. The first kappa shape index (κ1) is 15.0. The van der Waals surface area contributed by atoms with Gasteiger partial charge in [-0.25, -0.2) is 4.39 Å². The summed E-state index contributed by atoms with van der Waals surface area (Å²) in [4.78, 5) is 24.5. The van der Waals surface area contributed by atoms with Crippen LogP contribution in [0.25, 0.3) is 5.69 Å². The second-order valence-electron chi connectivity index (χ2n) is 5.68. The third-order valence-corrected chi connectivity index (χ3v) is 4.46. The van der Waals surface area contributed by atoms with Gasteiger partial charge in [-0.1, -0.05) is 24.4 Å². The summed E-state index contributed by atoms with van der Waals surface area (Å²) in [6, 6.07) is 3.93. The molecule has 1 aliphatic rings. The van der Waals surface area contributed by atoms with E-state index < -0.39 is 16.9 Å². The fourth-order valence-electron chi connectivity index (χ4n) is 2.96. The van der Waals surface area contributed by atoms with E-state index >= 15 is 0 Å². The first-order chi connectivity index (χ1) is 10.6. The SMILES string of the molecule is O=c1c(=O)n(-c2ccc(F)c(Cl)c2)ccn1CC1CCCC1. The fraction of sp³-hybridized carbons (Fsp3) is 0.375. The first-order valence-electron chi connectivity index (χ1n) is 7.34. The minimum Gasteiger partial charge on any atom is -0.309 e. The van der Waals surface area contributed by atoms with E-state index in [9.17, 15) is 14.0 Å². The molecular weight excluding hydrogens is 307 g/mol. The lowest BCUT2D eigenvalue weighted by molar-refractivity contribution is 0.445. The molecule has 0 aliphatic heterocycles. The standard InChI is InChI=1S/C16H16ClFN2O2/c17-13-9-12(5-6-14(13)18)20-8-7-19(15(21)16(20)22)10-11-3-1-2-4-11/h5-9,11H,1-4,10H2. The first-order valence-corrected chi connectivity index (χ1v) is 7.71. The monoisotopic (exact) mass is 322 g/mol. The van der Waals surface area contributed by atoms with Gasteiger partial charge in [-0.2, -0.15) is 0 Å². The van der Waals surface area contributed by atoms with Gasteiger partial charge in [-0.15, -0.1) is 0 Å². The second-order valence-corrected chi connectivity index (χ2v) is 6.09. The van der Waals surface area contributed by atoms with Gasteiger partial charge in [0.05, 0.1) is 10.7 Å². The van der Waals surface area contributed by atoms with Crippen molar-refractivity contribution in [2.24, 2.45) is 5.92 Å². The minimum absolute atomic E-state index is 0.0838. The van der Waals surface area contributed by atoms with Crippen molar-refractivity contribution in [3.63, 3.8) is 0 Å². The zero-order chi connectivity index (χ0) is 15.7. The van der Waals surface area contributed by atoms with Crippen molar-refractivity contribution in [2.45, 2.75) is 32.2 Å². The molecule has 0 atom stereocenters. The Morgan fingerprint density at radius 3 is 2.55 bits per heavy atom. The third kappa shape index (κ3) is 2.86. The van der Waals surface area contributed by atoms with Gasteiger partial charge in [-0.05, 0) is 37.0 Å². The third-order valence-electron chi connectivity index (χ3n) is 4.17. The number of hydrogen-bond donors (Lipinski definition) is 0. The van der Waals surface area contributed by atoms with Crippen LogP contribution in [0.15, 0.2) is 40.2 Å². The van der Waals surface area contributed by atoms with Crippen LogP contribution in [0.3, 0.4) is 0 Å². The molecular formula is C16H16ClFN2O2. The summed E-state index contributed by atoms with van der Waals surface area (Å²) < 4.78 is 15.9. The zero-order valence-corrected chi connectivity index (χ0v) is 12.7. The van der Waals surface area contributed by atoms with Gasteiger partial charge in [0.2, 0.25) is 0 Å². The molecule has 4 nitrogen and oxygen atoms in total. The quantitative estimate of drug-likeness (QED) is 0.815. The molecule has 1 heterocycles. The van der Waals surface area contributed by atoms with Gasteiger partial charge in [0.15, 0.2) is 0 Å². The minimum atomic E-state index is -0.650. The highest BCUT2D eigenvalue weighted by atomic mass is 35.5. The average molecular weight is 323 g/mol. The molecule has 2 aromatic rings. The number of hydrogen-bond acceptors (Lipinski definition) is 2. The normalized spacial score (nSPS) is 15.4. The van der Waals surface area contributed by atoms with Crippen LogP contribution in [0, 0.1) is 11.7 Å². The molecule has 116 valence electrons. The molecule has 1 aliphatic carbocycles. The van der Waals surface area contributed by atoms with E-state index in [4.69, 9.17) is 11.6 Å². The van der Waals surface area contributed by atoms with Crippen LogP contribution in [0.4, 0.5) is 4.39 Å². The van der Waals surface area contributed by atoms with Crippen LogP contribution >= 0.6 is 11.6 Å². The van der Waals surface area contributed by atoms with E-state index in [2.05, 4.69) is 0 Å². The van der Waals surface area contributed by atoms with Crippen LogP contribution in [0.5, 0.6) is 0 Å². The van der Waals surface area contributed by atoms with E-state index in [1.807, 2.05) is 0 Å². The van der Waals surface area contributed by atoms with Gasteiger partial charge in [0.1, 0.15) is 5.82 Å². The van der Waals surface area contributed by atoms with Crippen molar-refractivity contribution in [3.05, 3.63) is 62.1 Å². The smallest absolute Gasteiger partial charge is 0.309 e. The topological polar surface area (TPSA) is 44.0 Å². The van der Waals surface area contributed by atoms with Gasteiger partial charge in [-0.3, -0.25) is 14.2 Å². The predicted molar refractivity (Wildman–Crippen MR) is 83.2 cm³/mol. The van der Waals surface area contributed by atoms with E-state index in [0.29, 0.717) is 18.2 Å². The summed E-state index contributed by atoms with van der Waals surface area (Å²) in [7, 11) is 0. The average Bonchev–Trinajstić information content (AvgIpc) is 3.00. The Morgan fingerprint density at radius 2 is 1.86 bits per heavy atom. The summed E-state index contributed by atoms with van der Waals surface area (Å²) in [5.41, 5.74) is -0.834. The van der Waals surface area contributed by atoms with Gasteiger partial charge >= 0.3 is 11.1 Å². The largest absolute Gasteiger partial charge is 0.320 e. The van der Waals surface area contributed by atoms with Crippen molar-refractivity contribution in [1.82, 2.24) is 9.13 Å². The van der Waals surface area contributed by atoms with Crippen LogP contribution in [-0.4, -0.2) is 9.13 Å². The van der Waals surface area contributed by atoms with Crippen molar-refractivity contribution in [1.29, 1.82) is 0 Å². The Bertz CT molecular complexity index is 807. The van der Waals surface area contributed by atoms with Crippen LogP contribution in [0.2, 0.25) is 5.02 Å². The summed E-state index contributed by atoms with van der Waals surface area (Å²) >= 11 is 5.73. The second kappa shape index (κ2) is 6.08. The molecule has 3 rings (SSSR count). The number of aromatic nitrogens is 2. The lowest BCUT2D eigenvalue weighted by Crippen LogP contribution is -2.40. The van der Waals surface area contributed by atoms with Crippen LogP contribution in [0.1, 0.15) is 25.7 Å². The Hall–Kier alpha value is -1.88. The number of rotatable bonds is 3. The predicted octanol–water partition coefficient (Wildman–Crippen LogP) is 2.98. The molecule has 0 N–H and O–H groups in total. The highest BCUT2D eigenvalue weighted by molar-refractivity contribution is 6.30. The molecule has 0 amide bonds. The molecule has 0 radical (unpaired) electrons. The van der Waals surface area contributed by atoms with Crippen molar-refractivity contribution >= 4 is 11.6 Å². The van der Waals surface area contributed by atoms with E-state index in [1.54, 1.807) is 6.20 Å². The lowest BCUT2D eigenvalue weighted by Gasteiger charge is -2.13. The highest BCUT2D eigenvalue weighted by Gasteiger charge is 2.17. The summed E-state index contributed by atoms with van der Waals surface area (Å²) in [6.07, 6.45) is 7.71. The highest BCUT2D eigenvalue weighted by Crippen LogP contribution is 2.25. The maximum absolute atomic E-state index is 13.2. The van der Waals surface area contributed by atoms with Crippen molar-refractivity contribution in [3.8, 4) is 5.69 Å². The number of benzene rings is 1. The maximum Gasteiger partial charge on any atom is 0.320 e. The molecule has 0 saturated heterocycles. The number of nitrogens with zero attached hydrogens (tertiary/aromatic N) is 2. The summed E-state index contributed by atoms with van der Waals surface area (Å²) in [5.74, 6) is -0.0961. The van der Waals surface area contributed by atoms with Gasteiger partial charge < -0.3 is 4.57 Å². The molecule has 0 spiro atoms. The van der Waals surface area contributed by atoms with Crippen molar-refractivity contribution in [2.75, 3.05) is 0 Å². The molecule has 1 aromatic heterocycles. The lowest BCUT2D eigenvalue weighted by atomic mass is 10.1. The van der Waals surface area contributed by atoms with E-state index in [0.717, 1.165) is 12.8 Å². The van der Waals surface area contributed by atoms with Crippen LogP contribution in [-0.2, 0) is 6.54 Å². The number of halogens is 2. The van der Waals surface area contributed by atoms with E-state index in [1.165, 1.54) is 46.4 Å². The molecule has 1 aromatic carbocycles. The Morgan fingerprint density at radius 1 is 1.14 bits per heavy atom.